The number of imidazole rings is 2. The van der Waals surface area contributed by atoms with Gasteiger partial charge >= 0.3 is 13.6 Å². The predicted molar refractivity (Wildman–Crippen MR) is 157 cm³/mol. The molecule has 0 bridgehead atoms. The number of halogens is 2. The molecular formula is C21H24F2N10O8P2S2. The van der Waals surface area contributed by atoms with Gasteiger partial charge in [-0.2, -0.15) is 0 Å². The number of nitrogen functional groups attached to an aromatic ring is 2. The van der Waals surface area contributed by atoms with Crippen molar-refractivity contribution in [3.05, 3.63) is 25.3 Å². The van der Waals surface area contributed by atoms with Gasteiger partial charge in [-0.25, -0.2) is 47.8 Å². The van der Waals surface area contributed by atoms with Crippen molar-refractivity contribution >= 4 is 72.1 Å². The van der Waals surface area contributed by atoms with E-state index < -0.39 is 75.5 Å². The van der Waals surface area contributed by atoms with Crippen LogP contribution in [0.15, 0.2) is 25.3 Å². The van der Waals surface area contributed by atoms with Gasteiger partial charge in [0.25, 0.3) is 0 Å². The van der Waals surface area contributed by atoms with E-state index in [0.717, 1.165) is 12.7 Å². The van der Waals surface area contributed by atoms with Gasteiger partial charge in [-0.3, -0.25) is 27.2 Å². The largest absolute Gasteiger partial charge is 0.386 e. The van der Waals surface area contributed by atoms with Gasteiger partial charge in [0.15, 0.2) is 47.7 Å². The summed E-state index contributed by atoms with van der Waals surface area (Å²) in [6.45, 7) is -8.14. The Balaban J connectivity index is 1.19. The Morgan fingerprint density at radius 2 is 1.31 bits per heavy atom. The molecule has 7 rings (SSSR count). The monoisotopic (exact) mass is 708 g/mol. The lowest BCUT2D eigenvalue weighted by atomic mass is 10.1. The fourth-order valence-electron chi connectivity index (χ4n) is 5.46. The van der Waals surface area contributed by atoms with Crippen LogP contribution in [0.1, 0.15) is 19.4 Å². The highest BCUT2D eigenvalue weighted by Gasteiger charge is 2.56. The number of hydrogen-bond acceptors (Lipinski definition) is 16. The number of fused-ring (bicyclic) bond motifs is 4. The second kappa shape index (κ2) is 11.3. The van der Waals surface area contributed by atoms with Crippen LogP contribution in [0.4, 0.5) is 20.4 Å². The lowest BCUT2D eigenvalue weighted by Crippen LogP contribution is -2.40. The fourth-order valence-corrected chi connectivity index (χ4v) is 8.85. The molecule has 3 aliphatic heterocycles. The van der Waals surface area contributed by atoms with Gasteiger partial charge in [0.05, 0.1) is 25.4 Å². The van der Waals surface area contributed by atoms with Crippen molar-refractivity contribution in [3.8, 4) is 0 Å². The molecule has 242 valence electrons. The first-order valence-electron chi connectivity index (χ1n) is 13.1. The second-order valence-corrected chi connectivity index (χ2v) is 16.0. The van der Waals surface area contributed by atoms with E-state index in [1.54, 1.807) is 0 Å². The molecule has 3 aliphatic rings. The molecule has 0 aliphatic carbocycles. The summed E-state index contributed by atoms with van der Waals surface area (Å²) in [5.74, 6) is 0.0984. The first-order chi connectivity index (χ1) is 21.3. The Bertz CT molecular complexity index is 1870. The standard InChI is InChI=1S/C21H24F2N10O8P2S2/c1-7-13-15(10(23)21(38-13)33-6-31-12-17(25)27-4-29-19(12)33)41-42(34,44)36-2-8-14(40-43(35,45)39-7)9(22)20(37-8)32-5-30-11-16(24)26-3-28-18(11)32/h3-10,13-15,20-21H,2H2,1H3,(H,34,44)(H,35,45)(H2,24,26,28)(H2,25,27,29)/t7-,8-,9-,10-,13-,14-,15+,20-,21-,42+,43-/m1/s1. The predicted octanol–water partition coefficient (Wildman–Crippen LogP) is 2.58. The fraction of sp³-hybridized carbons (Fsp3) is 0.524. The van der Waals surface area contributed by atoms with Crippen LogP contribution in [0, 0.1) is 0 Å². The minimum absolute atomic E-state index is 0.0489. The highest BCUT2D eigenvalue weighted by atomic mass is 32.7. The van der Waals surface area contributed by atoms with E-state index in [-0.39, 0.29) is 34.0 Å². The molecule has 45 heavy (non-hydrogen) atoms. The van der Waals surface area contributed by atoms with Crippen molar-refractivity contribution in [1.82, 2.24) is 39.0 Å². The number of ether oxygens (including phenoxy) is 2. The van der Waals surface area contributed by atoms with E-state index in [4.69, 9.17) is 39.0 Å². The highest BCUT2D eigenvalue weighted by Crippen LogP contribution is 2.61. The number of hydrogen-bond donors (Lipinski definition) is 4. The van der Waals surface area contributed by atoms with Crippen molar-refractivity contribution in [2.45, 2.75) is 62.2 Å². The number of nitrogens with two attached hydrogens (primary N) is 2. The van der Waals surface area contributed by atoms with Gasteiger partial charge in [0, 0.05) is 0 Å². The first-order valence-corrected chi connectivity index (χ1v) is 18.5. The first kappa shape index (κ1) is 31.1. The molecule has 0 unspecified atom stereocenters. The zero-order chi connectivity index (χ0) is 31.8. The summed E-state index contributed by atoms with van der Waals surface area (Å²) in [6.07, 6.45) is -9.53. The molecule has 4 aromatic rings. The zero-order valence-electron chi connectivity index (χ0n) is 22.8. The van der Waals surface area contributed by atoms with Gasteiger partial charge in [0.1, 0.15) is 48.1 Å². The van der Waals surface area contributed by atoms with E-state index >= 15 is 8.78 Å². The number of nitrogens with zero attached hydrogens (tertiary/aromatic N) is 8. The molecule has 11 atom stereocenters. The van der Waals surface area contributed by atoms with Crippen LogP contribution in [0.25, 0.3) is 22.3 Å². The van der Waals surface area contributed by atoms with E-state index in [1.165, 1.54) is 28.7 Å². The number of thiol groups is 2. The van der Waals surface area contributed by atoms with Crippen LogP contribution in [0.5, 0.6) is 0 Å². The van der Waals surface area contributed by atoms with E-state index in [2.05, 4.69) is 54.4 Å². The van der Waals surface area contributed by atoms with Crippen molar-refractivity contribution in [1.29, 1.82) is 0 Å². The van der Waals surface area contributed by atoms with Gasteiger partial charge < -0.3 is 20.9 Å². The maximum atomic E-state index is 16.1. The van der Waals surface area contributed by atoms with Crippen molar-refractivity contribution in [3.63, 3.8) is 0 Å². The summed E-state index contributed by atoms with van der Waals surface area (Å²) in [7, 11) is 0. The summed E-state index contributed by atoms with van der Waals surface area (Å²) in [5, 5.41) is 0. The Labute approximate surface area is 261 Å². The van der Waals surface area contributed by atoms with Crippen molar-refractivity contribution in [2.75, 3.05) is 18.1 Å². The lowest BCUT2D eigenvalue weighted by Gasteiger charge is -2.31. The average molecular weight is 709 g/mol. The van der Waals surface area contributed by atoms with Gasteiger partial charge in [-0.05, 0) is 6.92 Å². The Morgan fingerprint density at radius 3 is 1.91 bits per heavy atom. The molecule has 24 heteroatoms. The lowest BCUT2D eigenvalue weighted by molar-refractivity contribution is -0.0756. The molecule has 0 saturated carbocycles. The number of alkyl halides is 2. The third kappa shape index (κ3) is 5.49. The summed E-state index contributed by atoms with van der Waals surface area (Å²) in [5.41, 5.74) is 12.4. The SMILES string of the molecule is C[C@H]1O[P@@](=O)(S)O[C@H]2[C@@H](F)[C@H](n3cnc4c(N)ncnc43)O[C@@H]2CO[P@](=O)(S)O[C@H]2[C@@H](F)[C@H](n3cnc4c(N)ncnc43)O[C@@H]21. The topological polar surface area (TPSA) is 229 Å². The molecule has 0 aromatic carbocycles. The number of rotatable bonds is 2. The maximum Gasteiger partial charge on any atom is 0.386 e. The summed E-state index contributed by atoms with van der Waals surface area (Å²) in [6, 6.07) is 0. The Hall–Kier alpha value is -2.52. The highest BCUT2D eigenvalue weighted by molar-refractivity contribution is 8.44. The van der Waals surface area contributed by atoms with E-state index in [1.807, 2.05) is 0 Å². The quantitative estimate of drug-likeness (QED) is 0.173. The normalized spacial score (nSPS) is 39.4. The summed E-state index contributed by atoms with van der Waals surface area (Å²) >= 11 is 8.07. The molecule has 18 nitrogen and oxygen atoms in total. The molecule has 0 radical (unpaired) electrons. The van der Waals surface area contributed by atoms with Gasteiger partial charge in [-0.15, -0.1) is 0 Å². The van der Waals surface area contributed by atoms with Crippen LogP contribution in [0.2, 0.25) is 0 Å². The van der Waals surface area contributed by atoms with E-state index in [0.29, 0.717) is 0 Å². The zero-order valence-corrected chi connectivity index (χ0v) is 26.3. The molecule has 0 spiro atoms. The number of anilines is 2. The third-order valence-corrected chi connectivity index (χ3v) is 10.8. The molecule has 3 fully saturated rings. The summed E-state index contributed by atoms with van der Waals surface area (Å²) < 4.78 is 95.6. The molecule has 3 saturated heterocycles. The van der Waals surface area contributed by atoms with Crippen LogP contribution in [-0.2, 0) is 36.7 Å². The van der Waals surface area contributed by atoms with E-state index in [9.17, 15) is 9.13 Å². The Morgan fingerprint density at radius 1 is 0.778 bits per heavy atom. The third-order valence-electron chi connectivity index (χ3n) is 7.47. The van der Waals surface area contributed by atoms with Crippen LogP contribution in [0.3, 0.4) is 0 Å². The molecule has 4 N–H and O–H groups in total. The minimum atomic E-state index is -4.44. The molecule has 4 aromatic heterocycles. The molecular weight excluding hydrogens is 684 g/mol. The summed E-state index contributed by atoms with van der Waals surface area (Å²) in [4.78, 5) is 24.1. The van der Waals surface area contributed by atoms with Crippen LogP contribution >= 0.6 is 38.1 Å². The van der Waals surface area contributed by atoms with Crippen LogP contribution in [-0.4, -0.2) is 88.5 Å². The number of aromatic nitrogens is 8. The van der Waals surface area contributed by atoms with Crippen molar-refractivity contribution < 1.29 is 45.5 Å². The second-order valence-electron chi connectivity index (χ2n) is 10.3. The van der Waals surface area contributed by atoms with Gasteiger partial charge in [-0.1, -0.05) is 24.5 Å². The average Bonchev–Trinajstić information content (AvgIpc) is 3.73. The van der Waals surface area contributed by atoms with Gasteiger partial charge in [0.2, 0.25) is 0 Å². The van der Waals surface area contributed by atoms with Crippen molar-refractivity contribution in [2.24, 2.45) is 0 Å². The molecule has 7 heterocycles. The smallest absolute Gasteiger partial charge is 0.382 e. The minimum Gasteiger partial charge on any atom is -0.382 e. The van der Waals surface area contributed by atoms with Crippen LogP contribution < -0.4 is 11.5 Å². The maximum absolute atomic E-state index is 16.1. The molecule has 0 amide bonds. The Kier molecular flexibility index (Phi) is 7.82.